The lowest BCUT2D eigenvalue weighted by Crippen LogP contribution is -2.66. The smallest absolute Gasteiger partial charge is 0.411 e. The molecule has 2 N–H and O–H groups in total. The topological polar surface area (TPSA) is 78.9 Å². The van der Waals surface area contributed by atoms with E-state index in [0.717, 1.165) is 0 Å². The molecule has 1 amide bonds. The van der Waals surface area contributed by atoms with Gasteiger partial charge in [-0.25, -0.2) is 9.59 Å². The van der Waals surface area contributed by atoms with Crippen LogP contribution in [0.1, 0.15) is 47.5 Å². The molecular formula is C15H28N2O4. The van der Waals surface area contributed by atoms with Gasteiger partial charge >= 0.3 is 12.1 Å². The number of aliphatic carboxylic acids is 1. The van der Waals surface area contributed by atoms with Crippen molar-refractivity contribution in [1.29, 1.82) is 0 Å². The Hall–Kier alpha value is -1.30. The van der Waals surface area contributed by atoms with Gasteiger partial charge in [-0.1, -0.05) is 13.8 Å². The summed E-state index contributed by atoms with van der Waals surface area (Å²) < 4.78 is 5.43. The lowest BCUT2D eigenvalue weighted by atomic mass is 9.78. The van der Waals surface area contributed by atoms with Crippen LogP contribution in [-0.4, -0.2) is 52.8 Å². The first-order valence-electron chi connectivity index (χ1n) is 7.60. The fourth-order valence-corrected chi connectivity index (χ4v) is 2.84. The number of hydrogen-bond acceptors (Lipinski definition) is 4. The molecule has 0 aliphatic carbocycles. The number of carboxylic acids is 1. The molecule has 0 saturated carbocycles. The van der Waals surface area contributed by atoms with Gasteiger partial charge in [-0.05, 0) is 40.2 Å². The number of carbonyl (C=O) groups is 2. The fourth-order valence-electron chi connectivity index (χ4n) is 2.84. The van der Waals surface area contributed by atoms with E-state index in [9.17, 15) is 14.7 Å². The molecule has 1 fully saturated rings. The monoisotopic (exact) mass is 300 g/mol. The highest BCUT2D eigenvalue weighted by Crippen LogP contribution is 2.33. The number of nitrogens with zero attached hydrogens (tertiary/aromatic N) is 1. The minimum absolute atomic E-state index is 0.178. The van der Waals surface area contributed by atoms with E-state index in [4.69, 9.17) is 4.74 Å². The van der Waals surface area contributed by atoms with Crippen molar-refractivity contribution in [3.63, 3.8) is 0 Å². The number of nitrogens with one attached hydrogen (secondary N) is 1. The van der Waals surface area contributed by atoms with Crippen LogP contribution in [0, 0.1) is 5.92 Å². The van der Waals surface area contributed by atoms with Crippen molar-refractivity contribution in [3.05, 3.63) is 0 Å². The Morgan fingerprint density at radius 2 is 2.05 bits per heavy atom. The number of carboxylic acid groups (broad SMARTS) is 1. The summed E-state index contributed by atoms with van der Waals surface area (Å²) in [6, 6.07) is 0. The second kappa shape index (κ2) is 6.64. The van der Waals surface area contributed by atoms with Crippen molar-refractivity contribution in [3.8, 4) is 0 Å². The van der Waals surface area contributed by atoms with Crippen LogP contribution in [0.3, 0.4) is 0 Å². The van der Waals surface area contributed by atoms with E-state index in [2.05, 4.69) is 5.32 Å². The first-order valence-corrected chi connectivity index (χ1v) is 7.60. The normalized spacial score (nSPS) is 26.2. The van der Waals surface area contributed by atoms with E-state index >= 15 is 0 Å². The summed E-state index contributed by atoms with van der Waals surface area (Å²) in [7, 11) is 0. The van der Waals surface area contributed by atoms with Gasteiger partial charge in [-0.2, -0.15) is 0 Å². The molecule has 6 heteroatoms. The van der Waals surface area contributed by atoms with Crippen LogP contribution in [0.2, 0.25) is 0 Å². The molecule has 1 aliphatic rings. The van der Waals surface area contributed by atoms with Crippen molar-refractivity contribution in [2.24, 2.45) is 5.92 Å². The third kappa shape index (κ3) is 3.87. The standard InChI is InChI=1S/C15H28N2O4/c1-6-9-17(13(20)21-14(3,4)5)15(12(18)19)7-8-16-10-11(15)2/h11,16H,6-10H2,1-5H3,(H,18,19). The Labute approximate surface area is 126 Å². The summed E-state index contributed by atoms with van der Waals surface area (Å²) in [6.07, 6.45) is 0.539. The highest BCUT2D eigenvalue weighted by Gasteiger charge is 2.52. The Bertz CT molecular complexity index is 392. The summed E-state index contributed by atoms with van der Waals surface area (Å²) in [4.78, 5) is 25.9. The van der Waals surface area contributed by atoms with E-state index in [0.29, 0.717) is 32.5 Å². The van der Waals surface area contributed by atoms with Crippen LogP contribution in [0.25, 0.3) is 0 Å². The first-order chi connectivity index (χ1) is 9.65. The highest BCUT2D eigenvalue weighted by atomic mass is 16.6. The molecule has 0 aromatic heterocycles. The van der Waals surface area contributed by atoms with Gasteiger partial charge in [0.05, 0.1) is 0 Å². The maximum atomic E-state index is 12.5. The van der Waals surface area contributed by atoms with Gasteiger partial charge in [-0.15, -0.1) is 0 Å². The second-order valence-electron chi connectivity index (χ2n) is 6.72. The van der Waals surface area contributed by atoms with E-state index in [1.807, 2.05) is 13.8 Å². The van der Waals surface area contributed by atoms with Gasteiger partial charge in [0, 0.05) is 19.0 Å². The van der Waals surface area contributed by atoms with Gasteiger partial charge in [0.15, 0.2) is 0 Å². The van der Waals surface area contributed by atoms with Crippen molar-refractivity contribution < 1.29 is 19.4 Å². The maximum Gasteiger partial charge on any atom is 0.411 e. The molecule has 6 nitrogen and oxygen atoms in total. The minimum Gasteiger partial charge on any atom is -0.479 e. The van der Waals surface area contributed by atoms with Crippen LogP contribution < -0.4 is 5.32 Å². The number of amides is 1. The molecule has 0 aromatic rings. The molecule has 21 heavy (non-hydrogen) atoms. The third-order valence-corrected chi connectivity index (χ3v) is 3.86. The van der Waals surface area contributed by atoms with E-state index in [1.54, 1.807) is 20.8 Å². The van der Waals surface area contributed by atoms with Gasteiger partial charge in [0.2, 0.25) is 0 Å². The van der Waals surface area contributed by atoms with Crippen LogP contribution >= 0.6 is 0 Å². The Morgan fingerprint density at radius 1 is 1.43 bits per heavy atom. The van der Waals surface area contributed by atoms with Gasteiger partial charge in [-0.3, -0.25) is 4.90 Å². The molecular weight excluding hydrogens is 272 g/mol. The average Bonchev–Trinajstić information content (AvgIpc) is 2.34. The molecule has 0 radical (unpaired) electrons. The van der Waals surface area contributed by atoms with Gasteiger partial charge in [0.1, 0.15) is 11.1 Å². The fraction of sp³-hybridized carbons (Fsp3) is 0.867. The predicted octanol–water partition coefficient (Wildman–Crippen LogP) is 2.09. The quantitative estimate of drug-likeness (QED) is 0.831. The molecule has 1 rings (SSSR count). The van der Waals surface area contributed by atoms with Crippen molar-refractivity contribution in [2.75, 3.05) is 19.6 Å². The third-order valence-electron chi connectivity index (χ3n) is 3.86. The minimum atomic E-state index is -1.19. The number of rotatable bonds is 4. The highest BCUT2D eigenvalue weighted by molar-refractivity contribution is 5.85. The molecule has 2 atom stereocenters. The Kier molecular flexibility index (Phi) is 5.61. The number of piperidine rings is 1. The van der Waals surface area contributed by atoms with E-state index in [-0.39, 0.29) is 5.92 Å². The van der Waals surface area contributed by atoms with Crippen LogP contribution in [-0.2, 0) is 9.53 Å². The van der Waals surface area contributed by atoms with Crippen molar-refractivity contribution >= 4 is 12.1 Å². The first kappa shape index (κ1) is 17.8. The molecule has 122 valence electrons. The summed E-state index contributed by atoms with van der Waals surface area (Å²) in [6.45, 7) is 10.7. The maximum absolute atomic E-state index is 12.5. The van der Waals surface area contributed by atoms with Gasteiger partial charge < -0.3 is 15.2 Å². The van der Waals surface area contributed by atoms with E-state index < -0.39 is 23.2 Å². The Morgan fingerprint density at radius 3 is 2.48 bits per heavy atom. The number of carbonyl (C=O) groups excluding carboxylic acids is 1. The lowest BCUT2D eigenvalue weighted by Gasteiger charge is -2.47. The van der Waals surface area contributed by atoms with Crippen LogP contribution in [0.5, 0.6) is 0 Å². The molecule has 0 aromatic carbocycles. The molecule has 2 unspecified atom stereocenters. The Balaban J connectivity index is 3.14. The largest absolute Gasteiger partial charge is 0.479 e. The summed E-state index contributed by atoms with van der Waals surface area (Å²) in [5, 5.41) is 13.0. The zero-order valence-corrected chi connectivity index (χ0v) is 13.7. The summed E-state index contributed by atoms with van der Waals surface area (Å²) >= 11 is 0. The van der Waals surface area contributed by atoms with Gasteiger partial charge in [0.25, 0.3) is 0 Å². The van der Waals surface area contributed by atoms with Crippen LogP contribution in [0.15, 0.2) is 0 Å². The molecule has 1 heterocycles. The second-order valence-corrected chi connectivity index (χ2v) is 6.72. The van der Waals surface area contributed by atoms with Crippen molar-refractivity contribution in [2.45, 2.75) is 58.6 Å². The van der Waals surface area contributed by atoms with Crippen molar-refractivity contribution in [1.82, 2.24) is 10.2 Å². The predicted molar refractivity (Wildman–Crippen MR) is 80.2 cm³/mol. The summed E-state index contributed by atoms with van der Waals surface area (Å²) in [5.41, 5.74) is -1.83. The molecule has 1 saturated heterocycles. The number of hydrogen-bond donors (Lipinski definition) is 2. The lowest BCUT2D eigenvalue weighted by molar-refractivity contribution is -0.157. The van der Waals surface area contributed by atoms with Crippen LogP contribution in [0.4, 0.5) is 4.79 Å². The molecule has 0 bridgehead atoms. The molecule has 0 spiro atoms. The zero-order valence-electron chi connectivity index (χ0n) is 13.7. The summed E-state index contributed by atoms with van der Waals surface area (Å²) in [5.74, 6) is -1.13. The van der Waals surface area contributed by atoms with E-state index in [1.165, 1.54) is 4.90 Å². The average molecular weight is 300 g/mol. The molecule has 1 aliphatic heterocycles. The number of ether oxygens (including phenoxy) is 1. The zero-order chi connectivity index (χ0) is 16.3. The SMILES string of the molecule is CCCN(C(=O)OC(C)(C)C)C1(C(=O)O)CCNCC1C.